The molecular weight excluding hydrogens is 218 g/mol. The fraction of sp³-hybridized carbons (Fsp3) is 1.00. The van der Waals surface area contributed by atoms with Crippen molar-refractivity contribution < 1.29 is 4.74 Å². The Labute approximate surface area is 104 Å². The van der Waals surface area contributed by atoms with Gasteiger partial charge in [0.15, 0.2) is 0 Å². The Kier molecular flexibility index (Phi) is 4.98. The molecule has 1 aliphatic carbocycles. The molecule has 0 amide bonds. The molecule has 0 aromatic carbocycles. The predicted octanol–water partition coefficient (Wildman–Crippen LogP) is 2.95. The van der Waals surface area contributed by atoms with Crippen LogP contribution in [0.2, 0.25) is 0 Å². The highest BCUT2D eigenvalue weighted by Gasteiger charge is 2.38. The maximum Gasteiger partial charge on any atom is 0.0693 e. The zero-order valence-electron chi connectivity index (χ0n) is 10.2. The fourth-order valence-corrected chi connectivity index (χ4v) is 4.35. The summed E-state index contributed by atoms with van der Waals surface area (Å²) in [5.41, 5.74) is 5.82. The van der Waals surface area contributed by atoms with E-state index in [1.807, 2.05) is 0 Å². The van der Waals surface area contributed by atoms with E-state index in [1.54, 1.807) is 0 Å². The standard InChI is InChI=1S/C13H25NOS/c14-8-4-10-16-12-5-9-15-13(11-12)6-2-1-3-7-13/h12H,1-11,14H2. The minimum absolute atomic E-state index is 0.275. The molecule has 16 heavy (non-hydrogen) atoms. The van der Waals surface area contributed by atoms with Gasteiger partial charge in [-0.3, -0.25) is 0 Å². The van der Waals surface area contributed by atoms with Crippen LogP contribution in [0.25, 0.3) is 0 Å². The van der Waals surface area contributed by atoms with Gasteiger partial charge >= 0.3 is 0 Å². The molecule has 2 rings (SSSR count). The first kappa shape index (κ1) is 12.7. The zero-order chi connectivity index (χ0) is 11.3. The summed E-state index contributed by atoms with van der Waals surface area (Å²) in [6.07, 6.45) is 10.5. The van der Waals surface area contributed by atoms with Crippen molar-refractivity contribution in [3.05, 3.63) is 0 Å². The van der Waals surface area contributed by atoms with Gasteiger partial charge in [-0.15, -0.1) is 0 Å². The van der Waals surface area contributed by atoms with Gasteiger partial charge in [0.1, 0.15) is 0 Å². The molecule has 1 atom stereocenters. The average Bonchev–Trinajstić information content (AvgIpc) is 2.31. The van der Waals surface area contributed by atoms with Gasteiger partial charge in [0.25, 0.3) is 0 Å². The largest absolute Gasteiger partial charge is 0.375 e. The van der Waals surface area contributed by atoms with Crippen LogP contribution in [-0.2, 0) is 4.74 Å². The lowest BCUT2D eigenvalue weighted by molar-refractivity contribution is -0.0970. The van der Waals surface area contributed by atoms with Crippen molar-refractivity contribution in [2.45, 2.75) is 62.2 Å². The van der Waals surface area contributed by atoms with Crippen LogP contribution in [0.1, 0.15) is 51.4 Å². The third-order valence-electron chi connectivity index (χ3n) is 3.91. The first-order chi connectivity index (χ1) is 7.85. The monoisotopic (exact) mass is 243 g/mol. The Bertz CT molecular complexity index is 199. The lowest BCUT2D eigenvalue weighted by atomic mass is 9.80. The van der Waals surface area contributed by atoms with Crippen LogP contribution >= 0.6 is 11.8 Å². The SMILES string of the molecule is NCCCSC1CCOC2(CCCCC2)C1. The van der Waals surface area contributed by atoms with E-state index in [0.29, 0.717) is 0 Å². The molecule has 0 aromatic heterocycles. The van der Waals surface area contributed by atoms with E-state index in [2.05, 4.69) is 11.8 Å². The van der Waals surface area contributed by atoms with Crippen molar-refractivity contribution in [2.24, 2.45) is 5.73 Å². The summed E-state index contributed by atoms with van der Waals surface area (Å²) in [6, 6.07) is 0. The first-order valence-electron chi connectivity index (χ1n) is 6.80. The highest BCUT2D eigenvalue weighted by Crippen LogP contribution is 2.41. The fourth-order valence-electron chi connectivity index (χ4n) is 3.00. The van der Waals surface area contributed by atoms with Gasteiger partial charge in [0, 0.05) is 11.9 Å². The minimum Gasteiger partial charge on any atom is -0.375 e. The number of hydrogen-bond donors (Lipinski definition) is 1. The van der Waals surface area contributed by atoms with E-state index in [0.717, 1.165) is 24.8 Å². The molecule has 2 N–H and O–H groups in total. The highest BCUT2D eigenvalue weighted by atomic mass is 32.2. The highest BCUT2D eigenvalue weighted by molar-refractivity contribution is 7.99. The number of nitrogens with two attached hydrogens (primary N) is 1. The maximum atomic E-state index is 6.10. The van der Waals surface area contributed by atoms with Crippen LogP contribution in [0.4, 0.5) is 0 Å². The van der Waals surface area contributed by atoms with E-state index in [9.17, 15) is 0 Å². The lowest BCUT2D eigenvalue weighted by Gasteiger charge is -2.43. The second-order valence-corrected chi connectivity index (χ2v) is 6.63. The molecule has 94 valence electrons. The van der Waals surface area contributed by atoms with Gasteiger partial charge in [-0.2, -0.15) is 11.8 Å². The molecule has 0 bridgehead atoms. The molecule has 0 aromatic rings. The van der Waals surface area contributed by atoms with Crippen molar-refractivity contribution in [1.82, 2.24) is 0 Å². The van der Waals surface area contributed by atoms with Gasteiger partial charge in [0.2, 0.25) is 0 Å². The molecule has 1 aliphatic heterocycles. The Morgan fingerprint density at radius 3 is 2.81 bits per heavy atom. The molecule has 2 aliphatic rings. The molecule has 0 radical (unpaired) electrons. The molecule has 1 heterocycles. The van der Waals surface area contributed by atoms with Crippen molar-refractivity contribution in [1.29, 1.82) is 0 Å². The van der Waals surface area contributed by atoms with E-state index in [1.165, 1.54) is 50.7 Å². The van der Waals surface area contributed by atoms with Crippen molar-refractivity contribution in [3.8, 4) is 0 Å². The Morgan fingerprint density at radius 1 is 1.25 bits per heavy atom. The Balaban J connectivity index is 1.78. The van der Waals surface area contributed by atoms with E-state index in [4.69, 9.17) is 10.5 Å². The summed E-state index contributed by atoms with van der Waals surface area (Å²) in [4.78, 5) is 0. The van der Waals surface area contributed by atoms with Gasteiger partial charge < -0.3 is 10.5 Å². The van der Waals surface area contributed by atoms with Crippen LogP contribution in [0.5, 0.6) is 0 Å². The van der Waals surface area contributed by atoms with Crippen LogP contribution in [0.15, 0.2) is 0 Å². The van der Waals surface area contributed by atoms with Crippen LogP contribution < -0.4 is 5.73 Å². The van der Waals surface area contributed by atoms with Crippen molar-refractivity contribution >= 4 is 11.8 Å². The van der Waals surface area contributed by atoms with Crippen LogP contribution in [-0.4, -0.2) is 29.8 Å². The lowest BCUT2D eigenvalue weighted by Crippen LogP contribution is -2.42. The summed E-state index contributed by atoms with van der Waals surface area (Å²) in [6.45, 7) is 1.82. The maximum absolute atomic E-state index is 6.10. The molecule has 3 heteroatoms. The summed E-state index contributed by atoms with van der Waals surface area (Å²) in [7, 11) is 0. The van der Waals surface area contributed by atoms with Gasteiger partial charge in [0.05, 0.1) is 5.60 Å². The van der Waals surface area contributed by atoms with Crippen molar-refractivity contribution in [2.75, 3.05) is 18.9 Å². The molecule has 2 nitrogen and oxygen atoms in total. The summed E-state index contributed by atoms with van der Waals surface area (Å²) >= 11 is 2.13. The van der Waals surface area contributed by atoms with E-state index < -0.39 is 0 Å². The number of thioether (sulfide) groups is 1. The number of hydrogen-bond acceptors (Lipinski definition) is 3. The molecule has 1 spiro atoms. The van der Waals surface area contributed by atoms with Crippen LogP contribution in [0.3, 0.4) is 0 Å². The van der Waals surface area contributed by atoms with E-state index >= 15 is 0 Å². The zero-order valence-corrected chi connectivity index (χ0v) is 11.1. The predicted molar refractivity (Wildman–Crippen MR) is 70.9 cm³/mol. The van der Waals surface area contributed by atoms with Crippen molar-refractivity contribution in [3.63, 3.8) is 0 Å². The molecule has 1 saturated carbocycles. The van der Waals surface area contributed by atoms with Gasteiger partial charge in [-0.05, 0) is 44.4 Å². The first-order valence-corrected chi connectivity index (χ1v) is 7.85. The van der Waals surface area contributed by atoms with E-state index in [-0.39, 0.29) is 5.60 Å². The van der Waals surface area contributed by atoms with Gasteiger partial charge in [-0.1, -0.05) is 19.3 Å². The smallest absolute Gasteiger partial charge is 0.0693 e. The third kappa shape index (κ3) is 3.38. The molecular formula is C13H25NOS. The molecule has 1 unspecified atom stereocenters. The molecule has 2 fully saturated rings. The van der Waals surface area contributed by atoms with Gasteiger partial charge in [-0.25, -0.2) is 0 Å². The summed E-state index contributed by atoms with van der Waals surface area (Å²) < 4.78 is 6.10. The second-order valence-electron chi connectivity index (χ2n) is 5.22. The quantitative estimate of drug-likeness (QED) is 0.771. The summed E-state index contributed by atoms with van der Waals surface area (Å²) in [5, 5.41) is 0.832. The third-order valence-corrected chi connectivity index (χ3v) is 5.31. The number of rotatable bonds is 4. The van der Waals surface area contributed by atoms with Crippen LogP contribution in [0, 0.1) is 0 Å². The Hall–Kier alpha value is 0.270. The Morgan fingerprint density at radius 2 is 2.06 bits per heavy atom. The summed E-state index contributed by atoms with van der Waals surface area (Å²) in [5.74, 6) is 1.23. The number of ether oxygens (including phenoxy) is 1. The second kappa shape index (κ2) is 6.27. The minimum atomic E-state index is 0.275. The molecule has 1 saturated heterocycles. The normalized spacial score (nSPS) is 29.4. The average molecular weight is 243 g/mol. The topological polar surface area (TPSA) is 35.2 Å².